The van der Waals surface area contributed by atoms with E-state index in [0.717, 1.165) is 16.9 Å². The van der Waals surface area contributed by atoms with E-state index in [1.165, 1.54) is 28.0 Å². The van der Waals surface area contributed by atoms with E-state index in [9.17, 15) is 14.7 Å². The number of ether oxygens (including phenoxy) is 3. The zero-order valence-corrected chi connectivity index (χ0v) is 27.5. The van der Waals surface area contributed by atoms with E-state index in [-0.39, 0.29) is 29.2 Å². The third kappa shape index (κ3) is 6.22. The summed E-state index contributed by atoms with van der Waals surface area (Å²) < 4.78 is 18.1. The van der Waals surface area contributed by atoms with Crippen molar-refractivity contribution in [1.29, 1.82) is 0 Å². The van der Waals surface area contributed by atoms with Crippen LogP contribution in [-0.4, -0.2) is 46.3 Å². The van der Waals surface area contributed by atoms with Crippen LogP contribution in [0, 0.1) is 0 Å². The first-order valence-corrected chi connectivity index (χ1v) is 16.8. The number of aromatic nitrogens is 2. The number of amides is 1. The van der Waals surface area contributed by atoms with Gasteiger partial charge in [-0.05, 0) is 66.9 Å². The van der Waals surface area contributed by atoms with Crippen molar-refractivity contribution in [3.05, 3.63) is 106 Å². The number of aliphatic hydroxyl groups excluding tert-OH is 1. The molecular formula is C34H30ClN3O6S2. The summed E-state index contributed by atoms with van der Waals surface area (Å²) in [5, 5.41) is 21.2. The van der Waals surface area contributed by atoms with E-state index in [1.807, 2.05) is 38.1 Å². The summed E-state index contributed by atoms with van der Waals surface area (Å²) in [7, 11) is 0. The Balaban J connectivity index is 1.43. The lowest BCUT2D eigenvalue weighted by atomic mass is 9.94. The Morgan fingerprint density at radius 1 is 1.15 bits per heavy atom. The van der Waals surface area contributed by atoms with Crippen LogP contribution in [0.2, 0.25) is 5.02 Å². The second kappa shape index (κ2) is 13.6. The highest BCUT2D eigenvalue weighted by Gasteiger charge is 2.48. The fourth-order valence-electron chi connectivity index (χ4n) is 5.41. The average molecular weight is 676 g/mol. The van der Waals surface area contributed by atoms with Gasteiger partial charge in [0.05, 0.1) is 18.2 Å². The molecule has 0 radical (unpaired) electrons. The quantitative estimate of drug-likeness (QED) is 0.0434. The van der Waals surface area contributed by atoms with Gasteiger partial charge in [-0.1, -0.05) is 71.6 Å². The van der Waals surface area contributed by atoms with Gasteiger partial charge in [0.15, 0.2) is 15.8 Å². The molecule has 0 aliphatic carbocycles. The number of rotatable bonds is 11. The number of hydrogen-bond donors (Lipinski definition) is 1. The largest absolute Gasteiger partial charge is 0.507 e. The molecule has 1 fully saturated rings. The van der Waals surface area contributed by atoms with Crippen molar-refractivity contribution in [1.82, 2.24) is 10.2 Å². The lowest BCUT2D eigenvalue weighted by Gasteiger charge is -2.23. The number of ketones is 1. The molecule has 1 saturated heterocycles. The number of fused-ring (bicyclic) bond motifs is 1. The van der Waals surface area contributed by atoms with Crippen molar-refractivity contribution in [2.75, 3.05) is 18.1 Å². The van der Waals surface area contributed by atoms with Gasteiger partial charge in [-0.15, -0.1) is 10.2 Å². The molecule has 0 unspecified atom stereocenters. The van der Waals surface area contributed by atoms with Gasteiger partial charge in [0.2, 0.25) is 5.13 Å². The number of carbonyl (C=O) groups excluding carboxylic acids is 2. The van der Waals surface area contributed by atoms with E-state index < -0.39 is 17.7 Å². The molecule has 1 N–H and O–H groups in total. The van der Waals surface area contributed by atoms with Crippen molar-refractivity contribution in [2.45, 2.75) is 42.5 Å². The van der Waals surface area contributed by atoms with Gasteiger partial charge >= 0.3 is 5.91 Å². The van der Waals surface area contributed by atoms with Gasteiger partial charge in [0.25, 0.3) is 5.78 Å². The summed E-state index contributed by atoms with van der Waals surface area (Å²) in [6, 6.07) is 16.9. The van der Waals surface area contributed by atoms with Gasteiger partial charge in [0.1, 0.15) is 24.2 Å². The van der Waals surface area contributed by atoms with Gasteiger partial charge in [-0.25, -0.2) is 0 Å². The predicted octanol–water partition coefficient (Wildman–Crippen LogP) is 7.40. The van der Waals surface area contributed by atoms with Crippen molar-refractivity contribution in [2.24, 2.45) is 0 Å². The van der Waals surface area contributed by atoms with E-state index >= 15 is 0 Å². The van der Waals surface area contributed by atoms with E-state index in [1.54, 1.807) is 42.5 Å². The fourth-order valence-corrected chi connectivity index (χ4v) is 7.57. The number of anilines is 1. The zero-order valence-electron chi connectivity index (χ0n) is 25.1. The van der Waals surface area contributed by atoms with Gasteiger partial charge in [-0.3, -0.25) is 14.5 Å². The first-order chi connectivity index (χ1) is 22.3. The summed E-state index contributed by atoms with van der Waals surface area (Å²) >= 11 is 8.93. The molecule has 2 atom stereocenters. The Morgan fingerprint density at radius 2 is 1.98 bits per heavy atom. The molecule has 3 aromatic carbocycles. The minimum absolute atomic E-state index is 0.000768. The van der Waals surface area contributed by atoms with Crippen LogP contribution >= 0.6 is 34.7 Å². The number of halogens is 1. The Hall–Kier alpha value is -4.32. The molecule has 0 spiro atoms. The fraction of sp³-hybridized carbons (Fsp3) is 0.235. The van der Waals surface area contributed by atoms with Crippen LogP contribution < -0.4 is 19.1 Å². The maximum atomic E-state index is 13.8. The number of Topliss-reactive ketones (excluding diaryl/α,β-unsaturated/α-hetero) is 1. The minimum atomic E-state index is -1.02. The lowest BCUT2D eigenvalue weighted by Crippen LogP contribution is -2.29. The first kappa shape index (κ1) is 31.7. The molecule has 12 heteroatoms. The number of hydrogen-bond acceptors (Lipinski definition) is 10. The summed E-state index contributed by atoms with van der Waals surface area (Å²) in [4.78, 5) is 28.9. The molecule has 1 aromatic heterocycles. The molecular weight excluding hydrogens is 646 g/mol. The molecule has 4 aromatic rings. The van der Waals surface area contributed by atoms with Crippen molar-refractivity contribution >= 4 is 57.3 Å². The number of carbonyl (C=O) groups is 2. The Morgan fingerprint density at radius 3 is 2.76 bits per heavy atom. The number of benzene rings is 3. The van der Waals surface area contributed by atoms with Crippen molar-refractivity contribution < 1.29 is 28.9 Å². The molecule has 9 nitrogen and oxygen atoms in total. The van der Waals surface area contributed by atoms with Crippen LogP contribution in [0.15, 0.2) is 83.2 Å². The molecule has 1 amide bonds. The SMILES string of the molecule is C=CCOc1ccc([C@H]2/C(=C(\O)c3ccc4c(c3)C[C@H](C)O4)C(=O)C(=O)N2c2nnc(SCc3ccccc3Cl)s2)cc1OCC. The normalized spacial score (nSPS) is 18.4. The summed E-state index contributed by atoms with van der Waals surface area (Å²) in [5.74, 6) is 0.213. The summed E-state index contributed by atoms with van der Waals surface area (Å²) in [5.41, 5.74) is 2.70. The second-order valence-corrected chi connectivity index (χ2v) is 13.2. The highest BCUT2D eigenvalue weighted by Crippen LogP contribution is 2.46. The molecule has 0 bridgehead atoms. The average Bonchev–Trinajstić information content (AvgIpc) is 3.74. The van der Waals surface area contributed by atoms with Crippen LogP contribution in [0.3, 0.4) is 0 Å². The van der Waals surface area contributed by atoms with Crippen molar-refractivity contribution in [3.63, 3.8) is 0 Å². The highest BCUT2D eigenvalue weighted by atomic mass is 35.5. The maximum Gasteiger partial charge on any atom is 0.301 e. The highest BCUT2D eigenvalue weighted by molar-refractivity contribution is 8.00. The molecule has 2 aliphatic heterocycles. The van der Waals surface area contributed by atoms with Gasteiger partial charge in [-0.2, -0.15) is 0 Å². The summed E-state index contributed by atoms with van der Waals surface area (Å²) in [6.07, 6.45) is 2.29. The maximum absolute atomic E-state index is 13.8. The topological polar surface area (TPSA) is 111 Å². The smallest absolute Gasteiger partial charge is 0.301 e. The summed E-state index contributed by atoms with van der Waals surface area (Å²) in [6.45, 7) is 8.13. The molecule has 46 heavy (non-hydrogen) atoms. The molecule has 0 saturated carbocycles. The first-order valence-electron chi connectivity index (χ1n) is 14.6. The Labute approximate surface area is 279 Å². The van der Waals surface area contributed by atoms with Crippen LogP contribution in [0.25, 0.3) is 5.76 Å². The number of thioether (sulfide) groups is 1. The van der Waals surface area contributed by atoms with Crippen LogP contribution in [-0.2, 0) is 21.8 Å². The van der Waals surface area contributed by atoms with E-state index in [0.29, 0.717) is 50.8 Å². The minimum Gasteiger partial charge on any atom is -0.507 e. The third-order valence-electron chi connectivity index (χ3n) is 7.46. The van der Waals surface area contributed by atoms with Crippen LogP contribution in [0.5, 0.6) is 17.2 Å². The molecule has 3 heterocycles. The van der Waals surface area contributed by atoms with E-state index in [2.05, 4.69) is 16.8 Å². The van der Waals surface area contributed by atoms with Crippen LogP contribution in [0.1, 0.15) is 42.1 Å². The van der Waals surface area contributed by atoms with Crippen LogP contribution in [0.4, 0.5) is 5.13 Å². The van der Waals surface area contributed by atoms with Gasteiger partial charge < -0.3 is 19.3 Å². The zero-order chi connectivity index (χ0) is 32.4. The number of nitrogens with zero attached hydrogens (tertiary/aromatic N) is 3. The molecule has 2 aliphatic rings. The monoisotopic (exact) mass is 675 g/mol. The second-order valence-electron chi connectivity index (χ2n) is 10.6. The molecule has 6 rings (SSSR count). The lowest BCUT2D eigenvalue weighted by molar-refractivity contribution is -0.132. The van der Waals surface area contributed by atoms with Crippen molar-refractivity contribution in [3.8, 4) is 17.2 Å². The molecule has 236 valence electrons. The van der Waals surface area contributed by atoms with Gasteiger partial charge in [0, 0.05) is 22.8 Å². The standard InChI is InChI=1S/C34H30ClN3O6S2/c1-4-14-43-26-13-10-20(17-27(26)42-5-2)29-28(30(39)21-11-12-25-23(16-21)15-19(3)44-25)31(40)32(41)38(29)33-36-37-34(46-33)45-18-22-8-6-7-9-24(22)35/h4,6-13,16-17,19,29,39H,1,5,14-15,18H2,2-3H3/b30-28+/t19-,29-/m0/s1. The number of aliphatic hydroxyl groups is 1. The van der Waals surface area contributed by atoms with E-state index in [4.69, 9.17) is 25.8 Å². The third-order valence-corrected chi connectivity index (χ3v) is 9.94. The Kier molecular flexibility index (Phi) is 9.34. The predicted molar refractivity (Wildman–Crippen MR) is 179 cm³/mol. The Bertz CT molecular complexity index is 1860.